The van der Waals surface area contributed by atoms with Crippen LogP contribution in [0.4, 0.5) is 5.69 Å². The van der Waals surface area contributed by atoms with E-state index in [1.165, 1.54) is 0 Å². The van der Waals surface area contributed by atoms with Gasteiger partial charge in [0.1, 0.15) is 0 Å². The van der Waals surface area contributed by atoms with Crippen LogP contribution in [0, 0.1) is 0 Å². The number of hydrogen-bond acceptors (Lipinski definition) is 4. The van der Waals surface area contributed by atoms with Gasteiger partial charge in [0, 0.05) is 37.4 Å². The molecule has 2 aromatic rings. The Balaban J connectivity index is 1.67. The molecule has 0 N–H and O–H groups in total. The number of carbonyl (C=O) groups is 1. The molecule has 1 saturated heterocycles. The van der Waals surface area contributed by atoms with Crippen molar-refractivity contribution in [2.75, 3.05) is 45.3 Å². The maximum Gasteiger partial charge on any atom is 0.254 e. The van der Waals surface area contributed by atoms with Crippen molar-refractivity contribution in [1.82, 2.24) is 4.90 Å². The summed E-state index contributed by atoms with van der Waals surface area (Å²) in [6, 6.07) is 10.8. The van der Waals surface area contributed by atoms with Crippen LogP contribution in [0.25, 0.3) is 0 Å². The third kappa shape index (κ3) is 3.84. The first-order valence-electron chi connectivity index (χ1n) is 8.25. The number of rotatable bonds is 4. The lowest BCUT2D eigenvalue weighted by molar-refractivity contribution is 0.0746. The highest BCUT2D eigenvalue weighted by molar-refractivity contribution is 6.42. The van der Waals surface area contributed by atoms with Crippen LogP contribution in [-0.4, -0.2) is 51.2 Å². The van der Waals surface area contributed by atoms with E-state index in [-0.39, 0.29) is 5.91 Å². The van der Waals surface area contributed by atoms with Gasteiger partial charge in [-0.15, -0.1) is 0 Å². The van der Waals surface area contributed by atoms with Gasteiger partial charge in [0.25, 0.3) is 5.91 Å². The van der Waals surface area contributed by atoms with Crippen LogP contribution >= 0.6 is 23.2 Å². The zero-order chi connectivity index (χ0) is 18.7. The van der Waals surface area contributed by atoms with Crippen molar-refractivity contribution in [2.24, 2.45) is 0 Å². The number of piperazine rings is 1. The van der Waals surface area contributed by atoms with Crippen LogP contribution < -0.4 is 14.4 Å². The Hall–Kier alpha value is -2.11. The van der Waals surface area contributed by atoms with Gasteiger partial charge in [-0.05, 0) is 36.4 Å². The molecule has 0 aliphatic carbocycles. The number of halogens is 2. The summed E-state index contributed by atoms with van der Waals surface area (Å²) < 4.78 is 10.5. The minimum atomic E-state index is -0.0141. The number of anilines is 1. The smallest absolute Gasteiger partial charge is 0.254 e. The third-order valence-electron chi connectivity index (χ3n) is 4.47. The minimum Gasteiger partial charge on any atom is -0.493 e. The molecule has 5 nitrogen and oxygen atoms in total. The Bertz CT molecular complexity index is 805. The predicted molar refractivity (Wildman–Crippen MR) is 104 cm³/mol. The molecule has 1 aliphatic heterocycles. The van der Waals surface area contributed by atoms with Crippen LogP contribution in [0.5, 0.6) is 11.5 Å². The molecule has 1 fully saturated rings. The maximum absolute atomic E-state index is 12.8. The molecule has 1 amide bonds. The molecule has 0 spiro atoms. The molecule has 3 rings (SSSR count). The van der Waals surface area contributed by atoms with E-state index in [1.54, 1.807) is 38.5 Å². The standard InChI is InChI=1S/C19H20Cl2N2O3/c1-25-17-6-3-13(11-18(17)26-2)19(24)23-9-7-22(8-10-23)14-4-5-15(20)16(21)12-14/h3-6,11-12H,7-10H2,1-2H3. The van der Waals surface area contributed by atoms with E-state index < -0.39 is 0 Å². The van der Waals surface area contributed by atoms with E-state index >= 15 is 0 Å². The van der Waals surface area contributed by atoms with Gasteiger partial charge in [0.15, 0.2) is 11.5 Å². The van der Waals surface area contributed by atoms with Crippen molar-refractivity contribution in [3.8, 4) is 11.5 Å². The van der Waals surface area contributed by atoms with E-state index in [2.05, 4.69) is 4.90 Å². The molecular weight excluding hydrogens is 375 g/mol. The molecule has 7 heteroatoms. The SMILES string of the molecule is COc1ccc(C(=O)N2CCN(c3ccc(Cl)c(Cl)c3)CC2)cc1OC. The van der Waals surface area contributed by atoms with Crippen LogP contribution in [0.15, 0.2) is 36.4 Å². The number of methoxy groups -OCH3 is 2. The summed E-state index contributed by atoms with van der Waals surface area (Å²) in [4.78, 5) is 16.8. The molecule has 1 heterocycles. The van der Waals surface area contributed by atoms with Crippen LogP contribution in [0.2, 0.25) is 10.0 Å². The van der Waals surface area contributed by atoms with Crippen molar-refractivity contribution in [2.45, 2.75) is 0 Å². The maximum atomic E-state index is 12.8. The first kappa shape index (κ1) is 18.7. The van der Waals surface area contributed by atoms with E-state index in [1.807, 2.05) is 17.0 Å². The second kappa shape index (κ2) is 8.06. The number of carbonyl (C=O) groups excluding carboxylic acids is 1. The number of hydrogen-bond donors (Lipinski definition) is 0. The van der Waals surface area contributed by atoms with Gasteiger partial charge >= 0.3 is 0 Å². The topological polar surface area (TPSA) is 42.0 Å². The van der Waals surface area contributed by atoms with E-state index in [0.29, 0.717) is 40.2 Å². The Kier molecular flexibility index (Phi) is 5.79. The van der Waals surface area contributed by atoms with Gasteiger partial charge < -0.3 is 19.3 Å². The summed E-state index contributed by atoms with van der Waals surface area (Å²) in [7, 11) is 3.13. The van der Waals surface area contributed by atoms with Gasteiger partial charge in [-0.25, -0.2) is 0 Å². The quantitative estimate of drug-likeness (QED) is 0.786. The van der Waals surface area contributed by atoms with E-state index in [4.69, 9.17) is 32.7 Å². The number of amides is 1. The van der Waals surface area contributed by atoms with E-state index in [9.17, 15) is 4.79 Å². The summed E-state index contributed by atoms with van der Waals surface area (Å²) in [5, 5.41) is 1.07. The molecule has 0 bridgehead atoms. The van der Waals surface area contributed by atoms with Crippen LogP contribution in [-0.2, 0) is 0 Å². The van der Waals surface area contributed by atoms with Gasteiger partial charge in [-0.2, -0.15) is 0 Å². The fourth-order valence-electron chi connectivity index (χ4n) is 3.00. The fourth-order valence-corrected chi connectivity index (χ4v) is 3.29. The molecular formula is C19H20Cl2N2O3. The first-order chi connectivity index (χ1) is 12.5. The van der Waals surface area contributed by atoms with Crippen LogP contribution in [0.3, 0.4) is 0 Å². The highest BCUT2D eigenvalue weighted by Crippen LogP contribution is 2.29. The molecule has 138 valence electrons. The van der Waals surface area contributed by atoms with Gasteiger partial charge in [-0.1, -0.05) is 23.2 Å². The lowest BCUT2D eigenvalue weighted by atomic mass is 10.1. The highest BCUT2D eigenvalue weighted by Gasteiger charge is 2.23. The minimum absolute atomic E-state index is 0.0141. The average Bonchev–Trinajstić information content (AvgIpc) is 2.69. The lowest BCUT2D eigenvalue weighted by Crippen LogP contribution is -2.48. The predicted octanol–water partition coefficient (Wildman–Crippen LogP) is 3.97. The van der Waals surface area contributed by atoms with Gasteiger partial charge in [-0.3, -0.25) is 4.79 Å². The zero-order valence-electron chi connectivity index (χ0n) is 14.7. The van der Waals surface area contributed by atoms with Crippen molar-refractivity contribution < 1.29 is 14.3 Å². The lowest BCUT2D eigenvalue weighted by Gasteiger charge is -2.36. The summed E-state index contributed by atoms with van der Waals surface area (Å²) in [5.74, 6) is 1.14. The number of nitrogens with zero attached hydrogens (tertiary/aromatic N) is 2. The second-order valence-corrected chi connectivity index (χ2v) is 6.76. The summed E-state index contributed by atoms with van der Waals surface area (Å²) in [6.07, 6.45) is 0. The van der Waals surface area contributed by atoms with Crippen molar-refractivity contribution in [3.05, 3.63) is 52.0 Å². The molecule has 0 aromatic heterocycles. The second-order valence-electron chi connectivity index (χ2n) is 5.95. The molecule has 2 aromatic carbocycles. The summed E-state index contributed by atoms with van der Waals surface area (Å²) in [5.41, 5.74) is 1.60. The molecule has 0 radical (unpaired) electrons. The Morgan fingerprint density at radius 3 is 2.19 bits per heavy atom. The third-order valence-corrected chi connectivity index (χ3v) is 5.20. The van der Waals surface area contributed by atoms with E-state index in [0.717, 1.165) is 18.8 Å². The molecule has 0 saturated carbocycles. The largest absolute Gasteiger partial charge is 0.493 e. The van der Waals surface area contributed by atoms with Crippen molar-refractivity contribution in [3.63, 3.8) is 0 Å². The van der Waals surface area contributed by atoms with Crippen molar-refractivity contribution in [1.29, 1.82) is 0 Å². The van der Waals surface area contributed by atoms with Gasteiger partial charge in [0.2, 0.25) is 0 Å². The number of ether oxygens (including phenoxy) is 2. The first-order valence-corrected chi connectivity index (χ1v) is 9.00. The Labute approximate surface area is 163 Å². The monoisotopic (exact) mass is 394 g/mol. The average molecular weight is 395 g/mol. The molecule has 0 unspecified atom stereocenters. The normalized spacial score (nSPS) is 14.3. The fraction of sp³-hybridized carbons (Fsp3) is 0.316. The molecule has 0 atom stereocenters. The van der Waals surface area contributed by atoms with Gasteiger partial charge in [0.05, 0.1) is 24.3 Å². The van der Waals surface area contributed by atoms with Crippen LogP contribution in [0.1, 0.15) is 10.4 Å². The Morgan fingerprint density at radius 2 is 1.58 bits per heavy atom. The Morgan fingerprint density at radius 1 is 0.885 bits per heavy atom. The highest BCUT2D eigenvalue weighted by atomic mass is 35.5. The zero-order valence-corrected chi connectivity index (χ0v) is 16.2. The molecule has 26 heavy (non-hydrogen) atoms. The summed E-state index contributed by atoms with van der Waals surface area (Å²) >= 11 is 12.1. The number of benzene rings is 2. The summed E-state index contributed by atoms with van der Waals surface area (Å²) in [6.45, 7) is 2.73. The molecule has 1 aliphatic rings. The van der Waals surface area contributed by atoms with Crippen molar-refractivity contribution >= 4 is 34.8 Å².